The second kappa shape index (κ2) is 10.6. The van der Waals surface area contributed by atoms with Crippen molar-refractivity contribution in [2.75, 3.05) is 19.0 Å². The molecule has 3 heterocycles. The average molecular weight is 516 g/mol. The van der Waals surface area contributed by atoms with E-state index in [9.17, 15) is 9.90 Å². The molecule has 36 heavy (non-hydrogen) atoms. The molecule has 4 atom stereocenters. The van der Waals surface area contributed by atoms with Crippen molar-refractivity contribution in [3.05, 3.63) is 41.4 Å². The molecule has 1 saturated heterocycles. The van der Waals surface area contributed by atoms with E-state index in [1.807, 2.05) is 18.2 Å². The van der Waals surface area contributed by atoms with Gasteiger partial charge in [0.15, 0.2) is 29.3 Å². The lowest BCUT2D eigenvalue weighted by Crippen LogP contribution is -2.46. The maximum Gasteiger partial charge on any atom is 0.250 e. The number of aliphatic hydroxyl groups excluding tert-OH is 1. The maximum atomic E-state index is 12.1. The number of aromatic nitrogens is 4. The maximum absolute atomic E-state index is 12.1. The highest BCUT2D eigenvalue weighted by atomic mass is 35.5. The summed E-state index contributed by atoms with van der Waals surface area (Å²) in [6.07, 6.45) is 4.80. The molecule has 12 heteroatoms. The summed E-state index contributed by atoms with van der Waals surface area (Å²) in [5.41, 5.74) is 7.86. The molecule has 1 aliphatic heterocycles. The Labute approximate surface area is 213 Å². The summed E-state index contributed by atoms with van der Waals surface area (Å²) in [5.74, 6) is 1.47. The lowest BCUT2D eigenvalue weighted by Gasteiger charge is -2.17. The highest BCUT2D eigenvalue weighted by Gasteiger charge is 2.46. The molecule has 1 aliphatic carbocycles. The van der Waals surface area contributed by atoms with Crippen molar-refractivity contribution in [3.63, 3.8) is 0 Å². The van der Waals surface area contributed by atoms with Crippen LogP contribution in [0.15, 0.2) is 30.9 Å². The smallest absolute Gasteiger partial charge is 0.250 e. The number of benzene rings is 1. The topological polar surface area (TPSA) is 149 Å². The largest absolute Gasteiger partial charge is 0.493 e. The van der Waals surface area contributed by atoms with Crippen LogP contribution in [0.25, 0.3) is 11.2 Å². The van der Waals surface area contributed by atoms with Crippen molar-refractivity contribution in [2.24, 2.45) is 11.7 Å². The average Bonchev–Trinajstić information content (AvgIpc) is 3.62. The Bertz CT molecular complexity index is 1230. The highest BCUT2D eigenvalue weighted by Crippen LogP contribution is 2.32. The van der Waals surface area contributed by atoms with Crippen molar-refractivity contribution < 1.29 is 19.4 Å². The number of nitrogens with one attached hydrogen (secondary N) is 2. The normalized spacial score (nSPS) is 24.3. The third kappa shape index (κ3) is 4.83. The fourth-order valence-electron chi connectivity index (χ4n) is 4.86. The van der Waals surface area contributed by atoms with Crippen molar-refractivity contribution in [3.8, 4) is 5.75 Å². The number of carbonyl (C=O) groups is 1. The molecule has 5 rings (SSSR count). The summed E-state index contributed by atoms with van der Waals surface area (Å²) in [4.78, 5) is 25.2. The van der Waals surface area contributed by atoms with Gasteiger partial charge in [-0.2, -0.15) is 0 Å². The number of rotatable bonds is 8. The number of likely N-dealkylation sites (N-methyl/N-ethyl adjacent to an activating group) is 1. The molecule has 5 N–H and O–H groups in total. The third-order valence-electron chi connectivity index (χ3n) is 6.88. The van der Waals surface area contributed by atoms with Gasteiger partial charge in [0.1, 0.15) is 18.2 Å². The van der Waals surface area contributed by atoms with Gasteiger partial charge < -0.3 is 30.9 Å². The minimum atomic E-state index is -1.12. The molecule has 2 aliphatic rings. The van der Waals surface area contributed by atoms with Crippen LogP contribution in [0.3, 0.4) is 0 Å². The van der Waals surface area contributed by atoms with Crippen LogP contribution in [0.1, 0.15) is 37.5 Å². The molecule has 2 fully saturated rings. The minimum Gasteiger partial charge on any atom is -0.493 e. The van der Waals surface area contributed by atoms with Crippen LogP contribution < -0.4 is 21.1 Å². The Morgan fingerprint density at radius 2 is 2.11 bits per heavy atom. The lowest BCUT2D eigenvalue weighted by molar-refractivity contribution is -0.134. The molecule has 1 amide bonds. The van der Waals surface area contributed by atoms with E-state index in [0.717, 1.165) is 11.3 Å². The van der Waals surface area contributed by atoms with Crippen molar-refractivity contribution in [1.29, 1.82) is 0 Å². The third-order valence-corrected chi connectivity index (χ3v) is 7.11. The second-order valence-corrected chi connectivity index (χ2v) is 9.68. The van der Waals surface area contributed by atoms with Crippen molar-refractivity contribution in [2.45, 2.75) is 56.7 Å². The van der Waals surface area contributed by atoms with Crippen LogP contribution in [0.2, 0.25) is 5.02 Å². The van der Waals surface area contributed by atoms with Gasteiger partial charge in [-0.15, -0.1) is 0 Å². The highest BCUT2D eigenvalue weighted by molar-refractivity contribution is 6.30. The Kier molecular flexibility index (Phi) is 7.24. The van der Waals surface area contributed by atoms with Gasteiger partial charge in [0.25, 0.3) is 5.91 Å². The van der Waals surface area contributed by atoms with Crippen LogP contribution in [-0.2, 0) is 16.1 Å². The van der Waals surface area contributed by atoms with E-state index in [-0.39, 0.29) is 0 Å². The van der Waals surface area contributed by atoms with Crippen LogP contribution in [0.4, 0.5) is 5.82 Å². The standard InChI is InChI=1S/C24H30ClN7O4/c1-27-23(34)20-17(26)19(33)24(36-20)32-12-31-18-21(29-11-30-22(18)32)28-9-14-8-15(25)6-7-16(14)35-10-13-4-2-3-5-13/h6-8,11-13,17,19-20,24,33H,2-5,9-10,26H2,1H3,(H,27,34)(H,28,29,30)/t17-,19+,20-,24+/m0/s1. The summed E-state index contributed by atoms with van der Waals surface area (Å²) >= 11 is 6.27. The predicted octanol–water partition coefficient (Wildman–Crippen LogP) is 1.99. The molecule has 0 unspecified atom stereocenters. The summed E-state index contributed by atoms with van der Waals surface area (Å²) in [5, 5.41) is 17.1. The van der Waals surface area contributed by atoms with Gasteiger partial charge in [0.2, 0.25) is 0 Å². The zero-order valence-corrected chi connectivity index (χ0v) is 20.7. The number of aliphatic hydroxyl groups is 1. The van der Waals surface area contributed by atoms with Crippen LogP contribution >= 0.6 is 11.6 Å². The fraction of sp³-hybridized carbons (Fsp3) is 0.500. The molecule has 192 valence electrons. The molecular formula is C24H30ClN7O4. The molecule has 2 aromatic heterocycles. The van der Waals surface area contributed by atoms with Crippen molar-refractivity contribution in [1.82, 2.24) is 24.8 Å². The summed E-state index contributed by atoms with van der Waals surface area (Å²) < 4.78 is 13.5. The number of hydrogen-bond donors (Lipinski definition) is 4. The molecule has 1 saturated carbocycles. The zero-order chi connectivity index (χ0) is 25.2. The number of hydrogen-bond acceptors (Lipinski definition) is 9. The fourth-order valence-corrected chi connectivity index (χ4v) is 5.05. The van der Waals surface area contributed by atoms with Crippen molar-refractivity contribution >= 4 is 34.5 Å². The molecule has 0 bridgehead atoms. The monoisotopic (exact) mass is 515 g/mol. The molecule has 3 aromatic rings. The molecule has 0 radical (unpaired) electrons. The number of amides is 1. The number of halogens is 1. The van der Waals surface area contributed by atoms with Crippen LogP contribution in [-0.4, -0.2) is 62.4 Å². The molecule has 1 aromatic carbocycles. The van der Waals surface area contributed by atoms with Crippen LogP contribution in [0, 0.1) is 5.92 Å². The SMILES string of the molecule is CNC(=O)[C@H]1O[C@@H](n2cnc3c(NCc4cc(Cl)ccc4OCC4CCCC4)ncnc32)[C@H](O)[C@@H]1N. The minimum absolute atomic E-state index is 0.405. The summed E-state index contributed by atoms with van der Waals surface area (Å²) in [6.45, 7) is 1.10. The Hall–Kier alpha value is -2.99. The molecule has 0 spiro atoms. The number of nitrogens with two attached hydrogens (primary N) is 1. The van der Waals surface area contributed by atoms with Gasteiger partial charge in [0.05, 0.1) is 19.0 Å². The van der Waals surface area contributed by atoms with Gasteiger partial charge in [-0.1, -0.05) is 24.4 Å². The molecule has 11 nitrogen and oxygen atoms in total. The van der Waals surface area contributed by atoms with Gasteiger partial charge >= 0.3 is 0 Å². The number of anilines is 1. The number of fused-ring (bicyclic) bond motifs is 1. The first kappa shape index (κ1) is 24.7. The first-order chi connectivity index (χ1) is 17.5. The van der Waals surface area contributed by atoms with E-state index in [1.54, 1.807) is 4.57 Å². The first-order valence-electron chi connectivity index (χ1n) is 12.1. The van der Waals surface area contributed by atoms with Crippen LogP contribution in [0.5, 0.6) is 5.75 Å². The summed E-state index contributed by atoms with van der Waals surface area (Å²) in [6, 6.07) is 4.70. The molecular weight excluding hydrogens is 486 g/mol. The van der Waals surface area contributed by atoms with Gasteiger partial charge in [-0.05, 0) is 37.0 Å². The second-order valence-electron chi connectivity index (χ2n) is 9.24. The van der Waals surface area contributed by atoms with E-state index in [1.165, 1.54) is 45.4 Å². The number of nitrogens with zero attached hydrogens (tertiary/aromatic N) is 4. The van der Waals surface area contributed by atoms with Gasteiger partial charge in [0, 0.05) is 24.2 Å². The Morgan fingerprint density at radius 3 is 2.89 bits per heavy atom. The Balaban J connectivity index is 1.34. The van der Waals surface area contributed by atoms with Gasteiger partial charge in [-0.25, -0.2) is 15.0 Å². The number of imidazole rings is 1. The number of carbonyl (C=O) groups excluding carboxylic acids is 1. The quantitative estimate of drug-likeness (QED) is 0.353. The predicted molar refractivity (Wildman–Crippen MR) is 134 cm³/mol. The van der Waals surface area contributed by atoms with E-state index < -0.39 is 30.4 Å². The van der Waals surface area contributed by atoms with E-state index in [0.29, 0.717) is 41.1 Å². The summed E-state index contributed by atoms with van der Waals surface area (Å²) in [7, 11) is 1.49. The first-order valence-corrected chi connectivity index (χ1v) is 12.5. The zero-order valence-electron chi connectivity index (χ0n) is 19.9. The lowest BCUT2D eigenvalue weighted by atomic mass is 10.1. The van der Waals surface area contributed by atoms with E-state index >= 15 is 0 Å². The Morgan fingerprint density at radius 1 is 1.31 bits per heavy atom. The van der Waals surface area contributed by atoms with E-state index in [2.05, 4.69) is 25.6 Å². The van der Waals surface area contributed by atoms with E-state index in [4.69, 9.17) is 26.8 Å². The number of ether oxygens (including phenoxy) is 2. The van der Waals surface area contributed by atoms with Gasteiger partial charge in [-0.3, -0.25) is 9.36 Å².